The topological polar surface area (TPSA) is 31.9 Å². The van der Waals surface area contributed by atoms with Gasteiger partial charge in [-0.1, -0.05) is 0 Å². The fourth-order valence-corrected chi connectivity index (χ4v) is 4.74. The van der Waals surface area contributed by atoms with Gasteiger partial charge in [0.25, 0.3) is 0 Å². The van der Waals surface area contributed by atoms with Crippen molar-refractivity contribution in [1.29, 1.82) is 0 Å². The van der Waals surface area contributed by atoms with Crippen LogP contribution in [0, 0.1) is 5.92 Å². The van der Waals surface area contributed by atoms with Gasteiger partial charge < -0.3 is 9.88 Å². The summed E-state index contributed by atoms with van der Waals surface area (Å²) in [4.78, 5) is 12.0. The lowest BCUT2D eigenvalue weighted by atomic mass is 9.79. The lowest BCUT2D eigenvalue weighted by Gasteiger charge is -2.44. The number of aromatic nitrogens is 2. The van der Waals surface area contributed by atoms with Gasteiger partial charge in [0.05, 0.1) is 20.6 Å². The molecule has 2 bridgehead atoms. The molecular formula is C14H16BrN3S. The van der Waals surface area contributed by atoms with E-state index in [1.807, 2.05) is 6.20 Å². The molecule has 3 aliphatic rings. The molecule has 3 nitrogen and oxygen atoms in total. The highest BCUT2D eigenvalue weighted by Gasteiger charge is 2.36. The summed E-state index contributed by atoms with van der Waals surface area (Å²) < 4.78 is 1.17. The van der Waals surface area contributed by atoms with E-state index in [2.05, 4.69) is 42.9 Å². The van der Waals surface area contributed by atoms with Crippen molar-refractivity contribution in [3.05, 3.63) is 27.9 Å². The number of nitrogens with zero attached hydrogens (tertiary/aromatic N) is 2. The van der Waals surface area contributed by atoms with Crippen molar-refractivity contribution in [3.63, 3.8) is 0 Å². The fraction of sp³-hybridized carbons (Fsp3) is 0.500. The van der Waals surface area contributed by atoms with Crippen LogP contribution in [0.2, 0.25) is 0 Å². The minimum absolute atomic E-state index is 0.611. The molecule has 5 heteroatoms. The highest BCUT2D eigenvalue weighted by Crippen LogP contribution is 2.38. The Morgan fingerprint density at radius 2 is 2.16 bits per heavy atom. The number of rotatable bonds is 2. The standard InChI is InChI=1S/C14H16BrN3S/c15-13-2-1-12(19-13)11-7-16-14(17-11)10-8-18-5-3-9(10)4-6-18/h1-2,7,9-10H,3-6,8H2,(H,16,17). The Hall–Kier alpha value is -0.650. The molecule has 5 rings (SSSR count). The quantitative estimate of drug-likeness (QED) is 0.905. The van der Waals surface area contributed by atoms with Crippen molar-refractivity contribution < 1.29 is 0 Å². The molecule has 1 unspecified atom stereocenters. The lowest BCUT2D eigenvalue weighted by Crippen LogP contribution is -2.46. The minimum Gasteiger partial charge on any atom is -0.341 e. The number of halogens is 1. The summed E-state index contributed by atoms with van der Waals surface area (Å²) in [6, 6.07) is 4.23. The number of H-pyrrole nitrogens is 1. The van der Waals surface area contributed by atoms with Gasteiger partial charge in [-0.2, -0.15) is 0 Å². The van der Waals surface area contributed by atoms with Crippen molar-refractivity contribution in [2.75, 3.05) is 19.6 Å². The van der Waals surface area contributed by atoms with Gasteiger partial charge in [-0.3, -0.25) is 0 Å². The minimum atomic E-state index is 0.611. The molecule has 19 heavy (non-hydrogen) atoms. The van der Waals surface area contributed by atoms with E-state index >= 15 is 0 Å². The van der Waals surface area contributed by atoms with E-state index in [4.69, 9.17) is 0 Å². The Bertz CT molecular complexity index is 583. The molecule has 0 amide bonds. The van der Waals surface area contributed by atoms with Crippen molar-refractivity contribution in [3.8, 4) is 10.6 Å². The molecule has 1 N–H and O–H groups in total. The number of hydrogen-bond acceptors (Lipinski definition) is 3. The average molecular weight is 338 g/mol. The second-order valence-electron chi connectivity index (χ2n) is 5.53. The molecule has 3 saturated heterocycles. The highest BCUT2D eigenvalue weighted by molar-refractivity contribution is 9.11. The maximum Gasteiger partial charge on any atom is 0.111 e. The molecule has 0 aromatic carbocycles. The van der Waals surface area contributed by atoms with E-state index in [0.717, 1.165) is 11.6 Å². The van der Waals surface area contributed by atoms with Gasteiger partial charge in [-0.15, -0.1) is 11.3 Å². The van der Waals surface area contributed by atoms with Crippen LogP contribution in [0.4, 0.5) is 0 Å². The zero-order chi connectivity index (χ0) is 12.8. The number of thiophene rings is 1. The number of fused-ring (bicyclic) bond motifs is 3. The normalized spacial score (nSPS) is 29.8. The van der Waals surface area contributed by atoms with Crippen molar-refractivity contribution in [2.24, 2.45) is 5.92 Å². The predicted octanol–water partition coefficient (Wildman–Crippen LogP) is 3.71. The van der Waals surface area contributed by atoms with Crippen LogP contribution in [0.5, 0.6) is 0 Å². The molecule has 0 spiro atoms. The average Bonchev–Trinajstić information content (AvgIpc) is 3.08. The summed E-state index contributed by atoms with van der Waals surface area (Å²) in [5.41, 5.74) is 1.15. The van der Waals surface area contributed by atoms with Crippen LogP contribution in [-0.4, -0.2) is 34.5 Å². The second kappa shape index (κ2) is 4.72. The third kappa shape index (κ3) is 2.18. The first kappa shape index (κ1) is 12.1. The Morgan fingerprint density at radius 3 is 2.79 bits per heavy atom. The van der Waals surface area contributed by atoms with E-state index in [1.54, 1.807) is 11.3 Å². The molecule has 5 heterocycles. The van der Waals surface area contributed by atoms with Gasteiger partial charge in [-0.05, 0) is 59.9 Å². The van der Waals surface area contributed by atoms with E-state index in [9.17, 15) is 0 Å². The molecule has 3 aliphatic heterocycles. The van der Waals surface area contributed by atoms with Gasteiger partial charge in [0.15, 0.2) is 0 Å². The number of hydrogen-bond donors (Lipinski definition) is 1. The number of aromatic amines is 1. The SMILES string of the molecule is Brc1ccc(-c2cnc(C3CN4CCC3CC4)[nH]2)s1. The van der Waals surface area contributed by atoms with Crippen LogP contribution >= 0.6 is 27.3 Å². The molecule has 0 aliphatic carbocycles. The van der Waals surface area contributed by atoms with Crippen molar-refractivity contribution >= 4 is 27.3 Å². The van der Waals surface area contributed by atoms with Crippen LogP contribution < -0.4 is 0 Å². The molecule has 0 radical (unpaired) electrons. The van der Waals surface area contributed by atoms with Gasteiger partial charge in [-0.25, -0.2) is 4.98 Å². The van der Waals surface area contributed by atoms with Crippen LogP contribution in [0.3, 0.4) is 0 Å². The Balaban J connectivity index is 1.61. The second-order valence-corrected chi connectivity index (χ2v) is 7.99. The molecule has 1 atom stereocenters. The zero-order valence-corrected chi connectivity index (χ0v) is 13.0. The molecular weight excluding hydrogens is 322 g/mol. The van der Waals surface area contributed by atoms with Gasteiger partial charge in [0, 0.05) is 12.5 Å². The van der Waals surface area contributed by atoms with E-state index in [1.165, 1.54) is 47.0 Å². The molecule has 2 aromatic heterocycles. The van der Waals surface area contributed by atoms with Crippen molar-refractivity contribution in [1.82, 2.24) is 14.9 Å². The molecule has 3 fully saturated rings. The smallest absolute Gasteiger partial charge is 0.111 e. The third-order valence-corrected chi connectivity index (χ3v) is 6.10. The van der Waals surface area contributed by atoms with E-state index < -0.39 is 0 Å². The van der Waals surface area contributed by atoms with Crippen LogP contribution in [0.15, 0.2) is 22.1 Å². The Kier molecular flexibility index (Phi) is 3.01. The van der Waals surface area contributed by atoms with Gasteiger partial charge >= 0.3 is 0 Å². The largest absolute Gasteiger partial charge is 0.341 e. The molecule has 0 saturated carbocycles. The summed E-state index contributed by atoms with van der Waals surface area (Å²) in [7, 11) is 0. The lowest BCUT2D eigenvalue weighted by molar-refractivity contribution is 0.0840. The predicted molar refractivity (Wildman–Crippen MR) is 81.5 cm³/mol. The van der Waals surface area contributed by atoms with E-state index in [0.29, 0.717) is 5.92 Å². The monoisotopic (exact) mass is 337 g/mol. The van der Waals surface area contributed by atoms with Crippen LogP contribution in [0.1, 0.15) is 24.6 Å². The zero-order valence-electron chi connectivity index (χ0n) is 10.6. The number of nitrogens with one attached hydrogen (secondary N) is 1. The summed E-state index contributed by atoms with van der Waals surface area (Å²) in [5, 5.41) is 0. The molecule has 100 valence electrons. The first-order valence-corrected chi connectivity index (χ1v) is 8.43. The number of imidazole rings is 1. The third-order valence-electron chi connectivity index (χ3n) is 4.44. The first-order chi connectivity index (χ1) is 9.29. The van der Waals surface area contributed by atoms with Gasteiger partial charge in [0.2, 0.25) is 0 Å². The highest BCUT2D eigenvalue weighted by atomic mass is 79.9. The maximum atomic E-state index is 4.65. The fourth-order valence-electron chi connectivity index (χ4n) is 3.38. The van der Waals surface area contributed by atoms with Crippen LogP contribution in [-0.2, 0) is 0 Å². The summed E-state index contributed by atoms with van der Waals surface area (Å²) in [6.07, 6.45) is 4.67. The van der Waals surface area contributed by atoms with Crippen LogP contribution in [0.25, 0.3) is 10.6 Å². The summed E-state index contributed by atoms with van der Waals surface area (Å²) in [5.74, 6) is 2.63. The summed E-state index contributed by atoms with van der Waals surface area (Å²) >= 11 is 5.27. The Labute approximate surface area is 125 Å². The first-order valence-electron chi connectivity index (χ1n) is 6.82. The Morgan fingerprint density at radius 1 is 1.32 bits per heavy atom. The maximum absolute atomic E-state index is 4.65. The van der Waals surface area contributed by atoms with Crippen molar-refractivity contribution in [2.45, 2.75) is 18.8 Å². The van der Waals surface area contributed by atoms with E-state index in [-0.39, 0.29) is 0 Å². The molecule has 2 aromatic rings. The summed E-state index contributed by atoms with van der Waals surface area (Å²) in [6.45, 7) is 3.75. The number of piperidine rings is 3. The van der Waals surface area contributed by atoms with Gasteiger partial charge in [0.1, 0.15) is 5.82 Å².